The summed E-state index contributed by atoms with van der Waals surface area (Å²) in [4.78, 5) is 9.94. The minimum Gasteiger partial charge on any atom is -0.388 e. The van der Waals surface area contributed by atoms with Gasteiger partial charge in [0.25, 0.3) is 0 Å². The molecule has 1 aliphatic heterocycles. The summed E-state index contributed by atoms with van der Waals surface area (Å²) in [5, 5.41) is 3.84. The Labute approximate surface area is 98.3 Å². The summed E-state index contributed by atoms with van der Waals surface area (Å²) >= 11 is 1.88. The van der Waals surface area contributed by atoms with Crippen molar-refractivity contribution < 1.29 is 9.53 Å². The van der Waals surface area contributed by atoms with E-state index in [2.05, 4.69) is 30.2 Å². The van der Waals surface area contributed by atoms with Gasteiger partial charge in [0.1, 0.15) is 6.29 Å². The zero-order chi connectivity index (χ0) is 12.1. The number of ether oxygens (including phenoxy) is 1. The summed E-state index contributed by atoms with van der Waals surface area (Å²) < 4.78 is 4.25. The zero-order valence-electron chi connectivity index (χ0n) is 10.6. The van der Waals surface area contributed by atoms with Crippen LogP contribution in [0.25, 0.3) is 0 Å². The fourth-order valence-electron chi connectivity index (χ4n) is 0.828. The van der Waals surface area contributed by atoms with Gasteiger partial charge in [0.15, 0.2) is 0 Å². The van der Waals surface area contributed by atoms with E-state index in [9.17, 15) is 4.79 Å². The lowest BCUT2D eigenvalue weighted by atomic mass is 10.2. The van der Waals surface area contributed by atoms with Crippen molar-refractivity contribution in [3.8, 4) is 0 Å². The van der Waals surface area contributed by atoms with Crippen molar-refractivity contribution >= 4 is 18.0 Å². The van der Waals surface area contributed by atoms with Crippen molar-refractivity contribution in [3.05, 3.63) is 0 Å². The first-order valence-electron chi connectivity index (χ1n) is 5.23. The van der Waals surface area contributed by atoms with Crippen LogP contribution >= 0.6 is 11.8 Å². The second-order valence-corrected chi connectivity index (χ2v) is 4.95. The molecule has 1 fully saturated rings. The monoisotopic (exact) mass is 235 g/mol. The maximum atomic E-state index is 9.94. The molecule has 92 valence electrons. The van der Waals surface area contributed by atoms with Gasteiger partial charge in [-0.2, -0.15) is 11.8 Å². The van der Waals surface area contributed by atoms with E-state index in [-0.39, 0.29) is 6.04 Å². The number of carbonyl (C=O) groups is 1. The van der Waals surface area contributed by atoms with Gasteiger partial charge in [0, 0.05) is 14.2 Å². The normalized spacial score (nSPS) is 18.7. The summed E-state index contributed by atoms with van der Waals surface area (Å²) in [5.41, 5.74) is 0. The van der Waals surface area contributed by atoms with Crippen LogP contribution in [0, 0.1) is 0 Å². The van der Waals surface area contributed by atoms with Crippen LogP contribution in [0.3, 0.4) is 0 Å². The minimum absolute atomic E-state index is 0.167. The van der Waals surface area contributed by atoms with Gasteiger partial charge in [0.05, 0.1) is 6.04 Å². The number of rotatable bonds is 2. The Bertz CT molecular complexity index is 126. The smallest absolute Gasteiger partial charge is 0.136 e. The molecule has 1 saturated heterocycles. The molecule has 1 heterocycles. The van der Waals surface area contributed by atoms with Crippen LogP contribution in [0.15, 0.2) is 0 Å². The van der Waals surface area contributed by atoms with Crippen LogP contribution < -0.4 is 5.32 Å². The predicted octanol–water partition coefficient (Wildman–Crippen LogP) is 1.96. The van der Waals surface area contributed by atoms with Gasteiger partial charge in [-0.25, -0.2) is 0 Å². The molecule has 0 amide bonds. The summed E-state index contributed by atoms with van der Waals surface area (Å²) in [6, 6.07) is 0.167. The quantitative estimate of drug-likeness (QED) is 0.743. The summed E-state index contributed by atoms with van der Waals surface area (Å²) in [6.45, 7) is 5.39. The van der Waals surface area contributed by atoms with Crippen molar-refractivity contribution in [2.75, 3.05) is 27.0 Å². The molecule has 4 heteroatoms. The number of nitrogens with one attached hydrogen (secondary N) is 1. The standard InChI is InChI=1S/C5H9NO.C4H10S.C2H6O/c7-4-5-2-1-3-6-5;1-4(2)5-3;1-3-2/h4-6H,1-3H2;4H,1-3H3;1-2H3. The lowest BCUT2D eigenvalue weighted by Gasteiger charge is -1.93. The van der Waals surface area contributed by atoms with Crippen molar-refractivity contribution in [3.63, 3.8) is 0 Å². The van der Waals surface area contributed by atoms with E-state index in [1.165, 1.54) is 0 Å². The van der Waals surface area contributed by atoms with Gasteiger partial charge in [-0.3, -0.25) is 0 Å². The molecule has 3 nitrogen and oxygen atoms in total. The number of hydrogen-bond donors (Lipinski definition) is 1. The van der Waals surface area contributed by atoms with E-state index in [1.54, 1.807) is 14.2 Å². The average Bonchev–Trinajstić information content (AvgIpc) is 2.72. The highest BCUT2D eigenvalue weighted by Crippen LogP contribution is 2.00. The van der Waals surface area contributed by atoms with Gasteiger partial charge < -0.3 is 14.8 Å². The summed E-state index contributed by atoms with van der Waals surface area (Å²) in [6.07, 6.45) is 5.28. The number of aldehydes is 1. The SMILES string of the molecule is COC.CSC(C)C.O=CC1CCCN1. The largest absolute Gasteiger partial charge is 0.388 e. The Morgan fingerprint density at radius 1 is 1.47 bits per heavy atom. The highest BCUT2D eigenvalue weighted by molar-refractivity contribution is 7.99. The third kappa shape index (κ3) is 16.6. The molecule has 0 aromatic rings. The first kappa shape index (κ1) is 17.3. The van der Waals surface area contributed by atoms with Crippen LogP contribution in [0.4, 0.5) is 0 Å². The van der Waals surface area contributed by atoms with E-state index < -0.39 is 0 Å². The van der Waals surface area contributed by atoms with Crippen LogP contribution in [0.2, 0.25) is 0 Å². The number of hydrogen-bond acceptors (Lipinski definition) is 4. The molecule has 1 atom stereocenters. The molecule has 0 aromatic heterocycles. The van der Waals surface area contributed by atoms with Crippen LogP contribution in [0.5, 0.6) is 0 Å². The molecule has 0 aliphatic carbocycles. The van der Waals surface area contributed by atoms with Crippen LogP contribution in [0.1, 0.15) is 26.7 Å². The molecule has 1 rings (SSSR count). The Kier molecular flexibility index (Phi) is 16.1. The highest BCUT2D eigenvalue weighted by atomic mass is 32.2. The Morgan fingerprint density at radius 2 is 1.93 bits per heavy atom. The Balaban J connectivity index is 0. The van der Waals surface area contributed by atoms with E-state index in [0.717, 1.165) is 30.9 Å². The molecule has 1 aliphatic rings. The van der Waals surface area contributed by atoms with Crippen molar-refractivity contribution in [1.82, 2.24) is 5.32 Å². The first-order chi connectivity index (χ1) is 7.12. The van der Waals surface area contributed by atoms with Gasteiger partial charge in [-0.05, 0) is 30.9 Å². The predicted molar refractivity (Wildman–Crippen MR) is 68.7 cm³/mol. The van der Waals surface area contributed by atoms with Crippen LogP contribution in [-0.4, -0.2) is 44.6 Å². The maximum Gasteiger partial charge on any atom is 0.136 e. The maximum absolute atomic E-state index is 9.94. The lowest BCUT2D eigenvalue weighted by Crippen LogP contribution is -2.21. The van der Waals surface area contributed by atoms with Crippen molar-refractivity contribution in [1.29, 1.82) is 0 Å². The average molecular weight is 235 g/mol. The fraction of sp³-hybridized carbons (Fsp3) is 0.909. The second kappa shape index (κ2) is 13.9. The Hall–Kier alpha value is -0.0600. The molecule has 0 aromatic carbocycles. The molecular weight excluding hydrogens is 210 g/mol. The highest BCUT2D eigenvalue weighted by Gasteiger charge is 2.10. The molecule has 0 radical (unpaired) electrons. The Morgan fingerprint density at radius 3 is 2.07 bits per heavy atom. The van der Waals surface area contributed by atoms with Crippen molar-refractivity contribution in [2.24, 2.45) is 0 Å². The molecular formula is C11H25NO2S. The molecule has 0 bridgehead atoms. The molecule has 1 unspecified atom stereocenters. The van der Waals surface area contributed by atoms with E-state index >= 15 is 0 Å². The zero-order valence-corrected chi connectivity index (χ0v) is 11.4. The molecule has 15 heavy (non-hydrogen) atoms. The molecule has 1 N–H and O–H groups in total. The van der Waals surface area contributed by atoms with Gasteiger partial charge in [0.2, 0.25) is 0 Å². The third-order valence-corrected chi connectivity index (χ3v) is 2.68. The van der Waals surface area contributed by atoms with Crippen LogP contribution in [-0.2, 0) is 9.53 Å². The number of thioether (sulfide) groups is 1. The van der Waals surface area contributed by atoms with Gasteiger partial charge in [-0.15, -0.1) is 0 Å². The van der Waals surface area contributed by atoms with Crippen molar-refractivity contribution in [2.45, 2.75) is 38.0 Å². The summed E-state index contributed by atoms with van der Waals surface area (Å²) in [7, 11) is 3.25. The van der Waals surface area contributed by atoms with Gasteiger partial charge in [-0.1, -0.05) is 13.8 Å². The first-order valence-corrected chi connectivity index (χ1v) is 6.52. The molecule has 0 spiro atoms. The van der Waals surface area contributed by atoms with E-state index in [4.69, 9.17) is 0 Å². The number of methoxy groups -OCH3 is 1. The van der Waals surface area contributed by atoms with E-state index in [0.29, 0.717) is 0 Å². The number of carbonyl (C=O) groups excluding carboxylic acids is 1. The third-order valence-electron chi connectivity index (χ3n) is 1.73. The molecule has 0 saturated carbocycles. The second-order valence-electron chi connectivity index (χ2n) is 3.53. The minimum atomic E-state index is 0.167. The van der Waals surface area contributed by atoms with E-state index in [1.807, 2.05) is 11.8 Å². The fourth-order valence-corrected chi connectivity index (χ4v) is 0.828. The lowest BCUT2D eigenvalue weighted by molar-refractivity contribution is -0.109. The van der Waals surface area contributed by atoms with Gasteiger partial charge >= 0.3 is 0 Å². The summed E-state index contributed by atoms with van der Waals surface area (Å²) in [5.74, 6) is 0. The topological polar surface area (TPSA) is 38.3 Å².